The monoisotopic (exact) mass is 452 g/mol. The van der Waals surface area contributed by atoms with E-state index in [1.807, 2.05) is 0 Å². The summed E-state index contributed by atoms with van der Waals surface area (Å²) >= 11 is 0. The third kappa shape index (κ3) is 2.89. The Morgan fingerprint density at radius 2 is 0.893 bits per heavy atom. The van der Waals surface area contributed by atoms with Crippen LogP contribution in [0.2, 0.25) is 0 Å². The summed E-state index contributed by atoms with van der Waals surface area (Å²) in [5.41, 5.74) is -3.92. The zero-order chi connectivity index (χ0) is 22.7. The quantitative estimate of drug-likeness (QED) is 0.300. The van der Waals surface area contributed by atoms with Crippen molar-refractivity contribution in [2.45, 2.75) is 29.9 Å². The zero-order valence-electron chi connectivity index (χ0n) is 12.0. The molecule has 0 bridgehead atoms. The Kier molecular flexibility index (Phi) is 5.53. The van der Waals surface area contributed by atoms with Crippen molar-refractivity contribution in [1.29, 1.82) is 0 Å². The first-order chi connectivity index (χ1) is 12.2. The van der Waals surface area contributed by atoms with E-state index >= 15 is 0 Å². The molecule has 28 heavy (non-hydrogen) atoms. The van der Waals surface area contributed by atoms with E-state index in [4.69, 9.17) is 0 Å². The second kappa shape index (κ2) is 6.47. The van der Waals surface area contributed by atoms with Gasteiger partial charge in [0.05, 0.1) is 0 Å². The third-order valence-corrected chi connectivity index (χ3v) is 3.15. The highest BCUT2D eigenvalue weighted by molar-refractivity contribution is 5.42. The summed E-state index contributed by atoms with van der Waals surface area (Å²) < 4.78 is 206. The fourth-order valence-corrected chi connectivity index (χ4v) is 1.69. The van der Waals surface area contributed by atoms with E-state index in [-0.39, 0.29) is 0 Å². The molecule has 17 heteroatoms. The van der Waals surface area contributed by atoms with Crippen molar-refractivity contribution in [1.82, 2.24) is 0 Å². The Balaban J connectivity index is 3.90. The molecule has 0 unspecified atom stereocenters. The van der Waals surface area contributed by atoms with Crippen LogP contribution in [0.1, 0.15) is 5.56 Å². The minimum Gasteiger partial charge on any atom is -0.290 e. The molecule has 162 valence electrons. The van der Waals surface area contributed by atoms with Crippen molar-refractivity contribution < 1.29 is 75.3 Å². The van der Waals surface area contributed by atoms with Crippen LogP contribution in [0.4, 0.5) is 70.4 Å². The first kappa shape index (κ1) is 23.9. The Morgan fingerprint density at radius 3 is 1.25 bits per heavy atom. The van der Waals surface area contributed by atoms with Gasteiger partial charge in [0.2, 0.25) is 17.4 Å². The Morgan fingerprint density at radius 1 is 0.500 bits per heavy atom. The van der Waals surface area contributed by atoms with Gasteiger partial charge in [-0.2, -0.15) is 52.7 Å². The number of halogens is 16. The van der Waals surface area contributed by atoms with Crippen LogP contribution in [-0.2, 0) is 5.92 Å². The molecule has 0 heterocycles. The lowest BCUT2D eigenvalue weighted by atomic mass is 9.92. The van der Waals surface area contributed by atoms with Crippen molar-refractivity contribution in [3.8, 4) is 5.75 Å². The molecule has 1 nitrogen and oxygen atoms in total. The SMILES string of the molecule is FOc1c(F)c(F)c(F)c(F)c1C(F)(F)C(F)(F)C(F)(F)C(F)(F)C(F)(F)F. The minimum absolute atomic E-state index is 2.05. The van der Waals surface area contributed by atoms with E-state index in [0.29, 0.717) is 0 Å². The van der Waals surface area contributed by atoms with Crippen molar-refractivity contribution in [3.63, 3.8) is 0 Å². The average molecular weight is 452 g/mol. The number of hydrogen-bond donors (Lipinski definition) is 0. The molecule has 0 N–H and O–H groups in total. The lowest BCUT2D eigenvalue weighted by molar-refractivity contribution is -0.425. The molecule has 0 saturated carbocycles. The van der Waals surface area contributed by atoms with E-state index in [1.54, 1.807) is 0 Å². The first-order valence-electron chi connectivity index (χ1n) is 5.94. The lowest BCUT2D eigenvalue weighted by Gasteiger charge is -2.37. The molecule has 0 aliphatic carbocycles. The smallest absolute Gasteiger partial charge is 0.290 e. The van der Waals surface area contributed by atoms with Gasteiger partial charge >= 0.3 is 29.9 Å². The van der Waals surface area contributed by atoms with Gasteiger partial charge in [0.15, 0.2) is 11.6 Å². The number of benzene rings is 1. The second-order valence-corrected chi connectivity index (χ2v) is 4.83. The molecule has 0 aromatic heterocycles. The molecule has 0 amide bonds. The molecule has 0 aliphatic heterocycles. The summed E-state index contributed by atoms with van der Waals surface area (Å²) in [5, 5.41) is 0. The topological polar surface area (TPSA) is 9.23 Å². The lowest BCUT2D eigenvalue weighted by Crippen LogP contribution is -2.65. The van der Waals surface area contributed by atoms with Crippen LogP contribution in [0.25, 0.3) is 0 Å². The van der Waals surface area contributed by atoms with Crippen molar-refractivity contribution in [2.75, 3.05) is 0 Å². The fraction of sp³-hybridized carbons (Fsp3) is 0.455. The molecular formula is C11F16O. The highest BCUT2D eigenvalue weighted by Gasteiger charge is 2.88. The number of alkyl halides is 11. The Bertz CT molecular complexity index is 763. The second-order valence-electron chi connectivity index (χ2n) is 4.83. The third-order valence-electron chi connectivity index (χ3n) is 3.15. The van der Waals surface area contributed by atoms with Crippen molar-refractivity contribution in [3.05, 3.63) is 28.8 Å². The minimum atomic E-state index is -8.09. The van der Waals surface area contributed by atoms with Crippen molar-refractivity contribution in [2.24, 2.45) is 0 Å². The standard InChI is InChI=1S/C11F16O/c12-2-1(6(28-27)5(15)4(14)3(2)13)7(16,17)8(18,19)9(20,21)10(22,23)11(24,25)26. The maximum absolute atomic E-state index is 13.7. The van der Waals surface area contributed by atoms with Gasteiger partial charge in [-0.15, -0.1) is 0 Å². The van der Waals surface area contributed by atoms with Gasteiger partial charge in [0.25, 0.3) is 0 Å². The number of hydrogen-bond acceptors (Lipinski definition) is 1. The van der Waals surface area contributed by atoms with Crippen LogP contribution in [0.15, 0.2) is 0 Å². The summed E-state index contributed by atoms with van der Waals surface area (Å²) in [5.74, 6) is -48.4. The molecule has 1 aromatic rings. The van der Waals surface area contributed by atoms with Gasteiger partial charge < -0.3 is 0 Å². The van der Waals surface area contributed by atoms with Crippen LogP contribution in [0.3, 0.4) is 0 Å². The molecule has 0 spiro atoms. The predicted octanol–water partition coefficient (Wildman–Crippen LogP) is 6.07. The Labute approximate surface area is 141 Å². The van der Waals surface area contributed by atoms with Crippen LogP contribution >= 0.6 is 0 Å². The fourth-order valence-electron chi connectivity index (χ4n) is 1.69. The zero-order valence-corrected chi connectivity index (χ0v) is 12.0. The maximum atomic E-state index is 13.7. The summed E-state index contributed by atoms with van der Waals surface area (Å²) in [6.07, 6.45) is -7.58. The van der Waals surface area contributed by atoms with E-state index in [1.165, 1.54) is 0 Å². The van der Waals surface area contributed by atoms with Crippen LogP contribution in [-0.4, -0.2) is 23.9 Å². The molecular weight excluding hydrogens is 452 g/mol. The molecule has 0 fully saturated rings. The van der Waals surface area contributed by atoms with Crippen molar-refractivity contribution >= 4 is 0 Å². The van der Waals surface area contributed by atoms with Gasteiger partial charge in [-0.3, -0.25) is 4.94 Å². The van der Waals surface area contributed by atoms with Gasteiger partial charge in [0.1, 0.15) is 5.56 Å². The summed E-state index contributed by atoms with van der Waals surface area (Å²) in [6, 6.07) is 0. The van der Waals surface area contributed by atoms with E-state index < -0.39 is 64.4 Å². The summed E-state index contributed by atoms with van der Waals surface area (Å²) in [6.45, 7) is 0. The highest BCUT2D eigenvalue weighted by atomic mass is 19.4. The largest absolute Gasteiger partial charge is 0.460 e. The van der Waals surface area contributed by atoms with Gasteiger partial charge in [0, 0.05) is 4.53 Å². The summed E-state index contributed by atoms with van der Waals surface area (Å²) in [4.78, 5) is 2.05. The van der Waals surface area contributed by atoms with E-state index in [0.717, 1.165) is 0 Å². The normalized spacial score (nSPS) is 14.4. The van der Waals surface area contributed by atoms with Crippen LogP contribution in [0.5, 0.6) is 5.75 Å². The molecule has 0 saturated heterocycles. The maximum Gasteiger partial charge on any atom is 0.460 e. The average Bonchev–Trinajstić information content (AvgIpc) is 2.53. The van der Waals surface area contributed by atoms with E-state index in [9.17, 15) is 70.4 Å². The Hall–Kier alpha value is -2.10. The predicted molar refractivity (Wildman–Crippen MR) is 52.8 cm³/mol. The van der Waals surface area contributed by atoms with Gasteiger partial charge in [-0.25, -0.2) is 13.2 Å². The van der Waals surface area contributed by atoms with Gasteiger partial charge in [-0.05, 0) is 0 Å². The van der Waals surface area contributed by atoms with Crippen LogP contribution < -0.4 is 4.94 Å². The summed E-state index contributed by atoms with van der Waals surface area (Å²) in [7, 11) is 0. The first-order valence-corrected chi connectivity index (χ1v) is 5.94. The number of rotatable bonds is 5. The molecule has 1 rings (SSSR count). The van der Waals surface area contributed by atoms with E-state index in [2.05, 4.69) is 4.94 Å². The molecule has 0 radical (unpaired) electrons. The van der Waals surface area contributed by atoms with Crippen LogP contribution in [0, 0.1) is 23.3 Å². The molecule has 1 aromatic carbocycles. The molecule has 0 atom stereocenters. The molecule has 0 aliphatic rings. The highest BCUT2D eigenvalue weighted by Crippen LogP contribution is 2.61. The van der Waals surface area contributed by atoms with Gasteiger partial charge in [-0.1, -0.05) is 0 Å².